The summed E-state index contributed by atoms with van der Waals surface area (Å²) >= 11 is 0. The molecule has 0 bridgehead atoms. The van der Waals surface area contributed by atoms with Crippen LogP contribution in [-0.4, -0.2) is 101 Å². The molecule has 28 heteroatoms. The summed E-state index contributed by atoms with van der Waals surface area (Å²) in [6, 6.07) is 0. The third-order valence-electron chi connectivity index (χ3n) is 5.40. The summed E-state index contributed by atoms with van der Waals surface area (Å²) in [4.78, 5) is 0. The first kappa shape index (κ1) is 42.1. The Bertz CT molecular complexity index is 1010. The van der Waals surface area contributed by atoms with Crippen molar-refractivity contribution < 1.29 is 125 Å². The quantitative estimate of drug-likeness (QED) is 0.147. The van der Waals surface area contributed by atoms with Crippen LogP contribution in [0, 0.1) is 0 Å². The zero-order chi connectivity index (χ0) is 36.6. The minimum atomic E-state index is -9.66. The van der Waals surface area contributed by atoms with Gasteiger partial charge in [-0.15, -0.1) is 0 Å². The van der Waals surface area contributed by atoms with Gasteiger partial charge in [-0.3, -0.25) is 0 Å². The SMILES string of the molecule is COC(O)C(O)CC(F)(F)C(F)(F)C(F)(F)C(F)(F)C(F)(F)C(F)(F)C(F)(F)C(F)(F)C(F)(F)C(F)(F)C(F)(F)C(F)(F)F. The Balaban J connectivity index is 7.26. The molecule has 0 heterocycles. The van der Waals surface area contributed by atoms with Gasteiger partial charge in [-0.2, -0.15) is 110 Å². The van der Waals surface area contributed by atoms with Gasteiger partial charge < -0.3 is 14.9 Å². The summed E-state index contributed by atoms with van der Waals surface area (Å²) in [5.74, 6) is -99.5. The standard InChI is InChI=1S/C16H9F25O3/c1-44-4(43)3(42)2-5(17,18)6(19,20)7(21,22)8(23,24)9(25,26)10(27,28)11(29,30)12(31,32)13(33,34)14(35,36)15(37,38)16(39,40)41/h3-4,42-43H,2H2,1H3. The molecule has 2 unspecified atom stereocenters. The Morgan fingerprint density at radius 2 is 0.591 bits per heavy atom. The van der Waals surface area contributed by atoms with Crippen molar-refractivity contribution in [2.24, 2.45) is 0 Å². The van der Waals surface area contributed by atoms with Crippen molar-refractivity contribution >= 4 is 0 Å². The maximum atomic E-state index is 13.7. The van der Waals surface area contributed by atoms with Gasteiger partial charge in [0.2, 0.25) is 0 Å². The molecule has 0 rings (SSSR count). The number of hydrogen-bond acceptors (Lipinski definition) is 3. The van der Waals surface area contributed by atoms with Crippen LogP contribution in [0.3, 0.4) is 0 Å². The van der Waals surface area contributed by atoms with E-state index in [0.29, 0.717) is 0 Å². The van der Waals surface area contributed by atoms with E-state index < -0.39 is 90.1 Å². The average molecular weight is 724 g/mol. The lowest BCUT2D eigenvalue weighted by atomic mass is 9.84. The van der Waals surface area contributed by atoms with Crippen molar-refractivity contribution in [1.29, 1.82) is 0 Å². The molecular formula is C16H9F25O3. The highest BCUT2D eigenvalue weighted by molar-refractivity contribution is 5.19. The highest BCUT2D eigenvalue weighted by atomic mass is 19.4. The summed E-state index contributed by atoms with van der Waals surface area (Å²) in [6.45, 7) is 0. The van der Waals surface area contributed by atoms with Crippen LogP contribution in [-0.2, 0) is 4.74 Å². The van der Waals surface area contributed by atoms with Crippen molar-refractivity contribution in [1.82, 2.24) is 0 Å². The maximum absolute atomic E-state index is 13.7. The van der Waals surface area contributed by atoms with Gasteiger partial charge in [-0.05, 0) is 0 Å². The lowest BCUT2D eigenvalue weighted by molar-refractivity contribution is -0.482. The number of methoxy groups -OCH3 is 1. The first-order valence-corrected chi connectivity index (χ1v) is 9.73. The summed E-state index contributed by atoms with van der Waals surface area (Å²) < 4.78 is 337. The largest absolute Gasteiger partial charge is 0.460 e. The number of halogens is 25. The molecule has 0 aliphatic heterocycles. The molecule has 0 aromatic carbocycles. The molecule has 0 fully saturated rings. The maximum Gasteiger partial charge on any atom is 0.460 e. The number of aliphatic hydroxyl groups excluding tert-OH is 2. The van der Waals surface area contributed by atoms with Gasteiger partial charge in [0.15, 0.2) is 6.29 Å². The van der Waals surface area contributed by atoms with E-state index in [1.54, 1.807) is 0 Å². The van der Waals surface area contributed by atoms with Crippen LogP contribution >= 0.6 is 0 Å². The molecule has 2 N–H and O–H groups in total. The number of alkyl halides is 25. The number of aliphatic hydroxyl groups is 2. The molecule has 266 valence electrons. The Kier molecular flexibility index (Phi) is 10.4. The van der Waals surface area contributed by atoms with Crippen molar-refractivity contribution in [2.75, 3.05) is 7.11 Å². The summed E-state index contributed by atoms with van der Waals surface area (Å²) in [6.07, 6.45) is -18.4. The fraction of sp³-hybridized carbons (Fsp3) is 1.00. The van der Waals surface area contributed by atoms with E-state index in [9.17, 15) is 110 Å². The zero-order valence-electron chi connectivity index (χ0n) is 19.6. The lowest BCUT2D eigenvalue weighted by Gasteiger charge is -2.45. The normalized spacial score (nSPS) is 18.0. The first-order chi connectivity index (χ1) is 18.6. The second-order valence-corrected chi connectivity index (χ2v) is 8.34. The van der Waals surface area contributed by atoms with Crippen LogP contribution in [0.15, 0.2) is 0 Å². The molecule has 0 aliphatic rings. The van der Waals surface area contributed by atoms with Gasteiger partial charge in [-0.25, -0.2) is 0 Å². The fourth-order valence-corrected chi connectivity index (χ4v) is 2.63. The van der Waals surface area contributed by atoms with Crippen LogP contribution in [0.4, 0.5) is 110 Å². The molecule has 3 nitrogen and oxygen atoms in total. The molecule has 0 spiro atoms. The lowest BCUT2D eigenvalue weighted by Crippen LogP contribution is -2.78. The van der Waals surface area contributed by atoms with E-state index in [-0.39, 0.29) is 7.11 Å². The first-order valence-electron chi connectivity index (χ1n) is 9.73. The predicted octanol–water partition coefficient (Wildman–Crippen LogP) is 7.25. The van der Waals surface area contributed by atoms with Crippen molar-refractivity contribution in [3.8, 4) is 0 Å². The van der Waals surface area contributed by atoms with Crippen LogP contribution in [0.25, 0.3) is 0 Å². The van der Waals surface area contributed by atoms with Gasteiger partial charge in [0.25, 0.3) is 0 Å². The predicted molar refractivity (Wildman–Crippen MR) is 84.1 cm³/mol. The third kappa shape index (κ3) is 5.26. The fourth-order valence-electron chi connectivity index (χ4n) is 2.63. The molecule has 0 saturated carbocycles. The smallest absolute Gasteiger partial charge is 0.388 e. The Morgan fingerprint density at radius 3 is 0.795 bits per heavy atom. The third-order valence-corrected chi connectivity index (χ3v) is 5.40. The second kappa shape index (κ2) is 10.9. The molecule has 0 amide bonds. The molecule has 0 aliphatic carbocycles. The number of rotatable bonds is 14. The molecule has 2 atom stereocenters. The zero-order valence-corrected chi connectivity index (χ0v) is 19.6. The topological polar surface area (TPSA) is 49.7 Å². The van der Waals surface area contributed by atoms with E-state index in [2.05, 4.69) is 4.74 Å². The number of ether oxygens (including phenoxy) is 1. The highest BCUT2D eigenvalue weighted by Gasteiger charge is 2.99. The van der Waals surface area contributed by atoms with Gasteiger partial charge >= 0.3 is 71.3 Å². The van der Waals surface area contributed by atoms with Crippen LogP contribution in [0.2, 0.25) is 0 Å². The number of hydrogen-bond donors (Lipinski definition) is 2. The summed E-state index contributed by atoms with van der Waals surface area (Å²) in [5, 5.41) is 17.6. The van der Waals surface area contributed by atoms with Crippen LogP contribution in [0.1, 0.15) is 6.42 Å². The van der Waals surface area contributed by atoms with E-state index in [4.69, 9.17) is 10.2 Å². The van der Waals surface area contributed by atoms with Crippen molar-refractivity contribution in [3.05, 3.63) is 0 Å². The van der Waals surface area contributed by atoms with E-state index >= 15 is 0 Å². The van der Waals surface area contributed by atoms with Gasteiger partial charge in [0, 0.05) is 13.5 Å². The molecule has 44 heavy (non-hydrogen) atoms. The Hall–Kier alpha value is -1.87. The van der Waals surface area contributed by atoms with E-state index in [0.717, 1.165) is 0 Å². The van der Waals surface area contributed by atoms with Gasteiger partial charge in [0.1, 0.15) is 6.10 Å². The Labute approximate surface area is 223 Å². The molecule has 0 aromatic rings. The molecule has 0 saturated heterocycles. The van der Waals surface area contributed by atoms with E-state index in [1.165, 1.54) is 0 Å². The van der Waals surface area contributed by atoms with Gasteiger partial charge in [0.05, 0.1) is 0 Å². The van der Waals surface area contributed by atoms with E-state index in [1.807, 2.05) is 0 Å². The molecular weight excluding hydrogens is 715 g/mol. The van der Waals surface area contributed by atoms with Crippen LogP contribution in [0.5, 0.6) is 0 Å². The monoisotopic (exact) mass is 724 g/mol. The Morgan fingerprint density at radius 1 is 0.386 bits per heavy atom. The van der Waals surface area contributed by atoms with Gasteiger partial charge in [-0.1, -0.05) is 0 Å². The average Bonchev–Trinajstić information content (AvgIpc) is 2.80. The van der Waals surface area contributed by atoms with Crippen molar-refractivity contribution in [2.45, 2.75) is 90.1 Å². The molecule has 0 radical (unpaired) electrons. The molecule has 0 aromatic heterocycles. The van der Waals surface area contributed by atoms with Crippen LogP contribution < -0.4 is 0 Å². The minimum Gasteiger partial charge on any atom is -0.388 e. The highest BCUT2D eigenvalue weighted by Crippen LogP contribution is 2.67. The minimum absolute atomic E-state index is 0.231. The summed E-state index contributed by atoms with van der Waals surface area (Å²) in [5.41, 5.74) is 0. The summed E-state index contributed by atoms with van der Waals surface area (Å²) in [7, 11) is 0.231. The van der Waals surface area contributed by atoms with Crippen molar-refractivity contribution in [3.63, 3.8) is 0 Å². The second-order valence-electron chi connectivity index (χ2n) is 8.34.